The van der Waals surface area contributed by atoms with Crippen LogP contribution in [-0.2, 0) is 4.79 Å². The summed E-state index contributed by atoms with van der Waals surface area (Å²) in [7, 11) is 1.79. The van der Waals surface area contributed by atoms with Crippen LogP contribution in [0.3, 0.4) is 0 Å². The summed E-state index contributed by atoms with van der Waals surface area (Å²) in [5.41, 5.74) is 4.66. The number of rotatable bonds is 5. The predicted octanol–water partition coefficient (Wildman–Crippen LogP) is 5.47. The third-order valence-corrected chi connectivity index (χ3v) is 5.53. The second-order valence-corrected chi connectivity index (χ2v) is 7.48. The number of para-hydroxylation sites is 2. The second kappa shape index (κ2) is 8.03. The standard InChI is InChI=1S/C25H25N3O2/c1-17-22(18(2)28(26-17)21-11-6-5-7-12-21)14-15-25(29)27(4)19(3)24-16-20-10-8-9-13-23(20)30-24/h5-16,19H,1-4H3/b15-14+. The molecule has 0 saturated heterocycles. The van der Waals surface area contributed by atoms with E-state index in [0.717, 1.165) is 39.4 Å². The van der Waals surface area contributed by atoms with E-state index in [9.17, 15) is 4.79 Å². The van der Waals surface area contributed by atoms with Crippen LogP contribution in [0.5, 0.6) is 0 Å². The van der Waals surface area contributed by atoms with Crippen LogP contribution < -0.4 is 0 Å². The van der Waals surface area contributed by atoms with Crippen molar-refractivity contribution in [2.24, 2.45) is 0 Å². The maximum atomic E-state index is 12.8. The molecule has 152 valence electrons. The van der Waals surface area contributed by atoms with Gasteiger partial charge in [-0.3, -0.25) is 4.79 Å². The highest BCUT2D eigenvalue weighted by atomic mass is 16.3. The molecule has 5 heteroatoms. The summed E-state index contributed by atoms with van der Waals surface area (Å²) in [6, 6.07) is 19.7. The molecule has 2 heterocycles. The third-order valence-electron chi connectivity index (χ3n) is 5.53. The van der Waals surface area contributed by atoms with E-state index in [0.29, 0.717) is 0 Å². The van der Waals surface area contributed by atoms with Crippen LogP contribution in [0.15, 0.2) is 71.2 Å². The molecule has 1 unspecified atom stereocenters. The van der Waals surface area contributed by atoms with Crippen LogP contribution >= 0.6 is 0 Å². The number of likely N-dealkylation sites (N-methyl/N-ethyl adjacent to an activating group) is 1. The number of hydrogen-bond acceptors (Lipinski definition) is 3. The molecule has 0 saturated carbocycles. The number of furan rings is 1. The van der Waals surface area contributed by atoms with Crippen molar-refractivity contribution in [3.8, 4) is 5.69 Å². The lowest BCUT2D eigenvalue weighted by atomic mass is 10.1. The first kappa shape index (κ1) is 19.7. The van der Waals surface area contributed by atoms with Gasteiger partial charge in [-0.25, -0.2) is 4.68 Å². The lowest BCUT2D eigenvalue weighted by Crippen LogP contribution is -2.27. The highest BCUT2D eigenvalue weighted by Gasteiger charge is 2.19. The van der Waals surface area contributed by atoms with Gasteiger partial charge in [-0.15, -0.1) is 0 Å². The smallest absolute Gasteiger partial charge is 0.246 e. The topological polar surface area (TPSA) is 51.3 Å². The summed E-state index contributed by atoms with van der Waals surface area (Å²) < 4.78 is 7.83. The highest BCUT2D eigenvalue weighted by Crippen LogP contribution is 2.27. The van der Waals surface area contributed by atoms with Gasteiger partial charge in [0.25, 0.3) is 0 Å². The number of aryl methyl sites for hydroxylation is 1. The van der Waals surface area contributed by atoms with Gasteiger partial charge in [0.05, 0.1) is 17.4 Å². The lowest BCUT2D eigenvalue weighted by molar-refractivity contribution is -0.126. The molecule has 0 aliphatic carbocycles. The Morgan fingerprint density at radius 2 is 1.80 bits per heavy atom. The van der Waals surface area contributed by atoms with Crippen molar-refractivity contribution < 1.29 is 9.21 Å². The molecule has 0 spiro atoms. The zero-order valence-electron chi connectivity index (χ0n) is 17.7. The molecule has 2 aromatic carbocycles. The molecule has 4 rings (SSSR count). The normalized spacial score (nSPS) is 12.5. The van der Waals surface area contributed by atoms with Crippen molar-refractivity contribution in [1.82, 2.24) is 14.7 Å². The van der Waals surface area contributed by atoms with Gasteiger partial charge >= 0.3 is 0 Å². The fourth-order valence-corrected chi connectivity index (χ4v) is 3.58. The summed E-state index contributed by atoms with van der Waals surface area (Å²) in [6.07, 6.45) is 3.45. The number of aromatic nitrogens is 2. The fraction of sp³-hybridized carbons (Fsp3) is 0.200. The van der Waals surface area contributed by atoms with Crippen molar-refractivity contribution in [2.45, 2.75) is 26.8 Å². The molecule has 0 aliphatic heterocycles. The van der Waals surface area contributed by atoms with Gasteiger partial charge in [0.2, 0.25) is 5.91 Å². The number of carbonyl (C=O) groups is 1. The monoisotopic (exact) mass is 399 g/mol. The van der Waals surface area contributed by atoms with Gasteiger partial charge in [-0.1, -0.05) is 36.4 Å². The number of carbonyl (C=O) groups excluding carboxylic acids is 1. The maximum absolute atomic E-state index is 12.8. The quantitative estimate of drug-likeness (QED) is 0.418. The average molecular weight is 399 g/mol. The molecule has 4 aromatic rings. The Hall–Kier alpha value is -3.60. The molecule has 5 nitrogen and oxygen atoms in total. The molecule has 2 aromatic heterocycles. The van der Waals surface area contributed by atoms with E-state index in [1.54, 1.807) is 18.0 Å². The van der Waals surface area contributed by atoms with Gasteiger partial charge < -0.3 is 9.32 Å². The van der Waals surface area contributed by atoms with Crippen LogP contribution in [0.1, 0.15) is 35.7 Å². The highest BCUT2D eigenvalue weighted by molar-refractivity contribution is 5.92. The molecule has 30 heavy (non-hydrogen) atoms. The molecular formula is C25H25N3O2. The Labute approximate surface area is 176 Å². The van der Waals surface area contributed by atoms with Crippen molar-refractivity contribution in [1.29, 1.82) is 0 Å². The Kier molecular flexibility index (Phi) is 5.27. The summed E-state index contributed by atoms with van der Waals surface area (Å²) in [4.78, 5) is 14.5. The zero-order valence-corrected chi connectivity index (χ0v) is 17.7. The Bertz CT molecular complexity index is 1180. The lowest BCUT2D eigenvalue weighted by Gasteiger charge is -2.21. The van der Waals surface area contributed by atoms with E-state index in [2.05, 4.69) is 5.10 Å². The molecule has 0 N–H and O–H groups in total. The summed E-state index contributed by atoms with van der Waals surface area (Å²) in [6.45, 7) is 5.93. The predicted molar refractivity (Wildman–Crippen MR) is 119 cm³/mol. The fourth-order valence-electron chi connectivity index (χ4n) is 3.58. The first-order chi connectivity index (χ1) is 14.5. The van der Waals surface area contributed by atoms with Gasteiger partial charge in [0, 0.05) is 29.8 Å². The van der Waals surface area contributed by atoms with E-state index in [-0.39, 0.29) is 11.9 Å². The van der Waals surface area contributed by atoms with Crippen LogP contribution in [-0.4, -0.2) is 27.6 Å². The summed E-state index contributed by atoms with van der Waals surface area (Å²) in [5.74, 6) is 0.680. The largest absolute Gasteiger partial charge is 0.459 e. The molecule has 0 fully saturated rings. The minimum Gasteiger partial charge on any atom is -0.459 e. The van der Waals surface area contributed by atoms with Gasteiger partial charge in [-0.05, 0) is 51.1 Å². The number of fused-ring (bicyclic) bond motifs is 1. The Morgan fingerprint density at radius 3 is 2.53 bits per heavy atom. The number of benzene rings is 2. The van der Waals surface area contributed by atoms with E-state index >= 15 is 0 Å². The zero-order chi connectivity index (χ0) is 21.3. The first-order valence-corrected chi connectivity index (χ1v) is 10.0. The maximum Gasteiger partial charge on any atom is 0.246 e. The Balaban J connectivity index is 1.54. The van der Waals surface area contributed by atoms with E-state index in [4.69, 9.17) is 4.42 Å². The SMILES string of the molecule is Cc1nn(-c2ccccc2)c(C)c1/C=C/C(=O)N(C)C(C)c1cc2ccccc2o1. The van der Waals surface area contributed by atoms with Crippen LogP contribution in [0.25, 0.3) is 22.7 Å². The van der Waals surface area contributed by atoms with E-state index < -0.39 is 0 Å². The van der Waals surface area contributed by atoms with Crippen LogP contribution in [0.2, 0.25) is 0 Å². The van der Waals surface area contributed by atoms with Gasteiger partial charge in [0.15, 0.2) is 0 Å². The Morgan fingerprint density at radius 1 is 1.10 bits per heavy atom. The average Bonchev–Trinajstić information content (AvgIpc) is 3.32. The van der Waals surface area contributed by atoms with E-state index in [1.165, 1.54) is 0 Å². The number of hydrogen-bond donors (Lipinski definition) is 0. The molecule has 0 bridgehead atoms. The van der Waals surface area contributed by atoms with Crippen molar-refractivity contribution in [3.05, 3.63) is 89.5 Å². The van der Waals surface area contributed by atoms with Gasteiger partial charge in [0.1, 0.15) is 11.3 Å². The molecule has 1 amide bonds. The van der Waals surface area contributed by atoms with Crippen LogP contribution in [0, 0.1) is 13.8 Å². The summed E-state index contributed by atoms with van der Waals surface area (Å²) >= 11 is 0. The number of nitrogens with zero attached hydrogens (tertiary/aromatic N) is 3. The second-order valence-electron chi connectivity index (χ2n) is 7.48. The molecular weight excluding hydrogens is 374 g/mol. The van der Waals surface area contributed by atoms with Gasteiger partial charge in [-0.2, -0.15) is 5.10 Å². The van der Waals surface area contributed by atoms with Crippen molar-refractivity contribution in [3.63, 3.8) is 0 Å². The first-order valence-electron chi connectivity index (χ1n) is 10.0. The minimum absolute atomic E-state index is 0.0887. The summed E-state index contributed by atoms with van der Waals surface area (Å²) in [5, 5.41) is 5.67. The minimum atomic E-state index is -0.177. The van der Waals surface area contributed by atoms with Crippen molar-refractivity contribution >= 4 is 23.0 Å². The third kappa shape index (κ3) is 3.66. The molecule has 0 radical (unpaired) electrons. The molecule has 0 aliphatic rings. The van der Waals surface area contributed by atoms with E-state index in [1.807, 2.05) is 92.2 Å². The van der Waals surface area contributed by atoms with Crippen molar-refractivity contribution in [2.75, 3.05) is 7.05 Å². The number of amides is 1. The van der Waals surface area contributed by atoms with Crippen LogP contribution in [0.4, 0.5) is 0 Å². The molecule has 1 atom stereocenters.